The van der Waals surface area contributed by atoms with Crippen LogP contribution < -0.4 is 14.8 Å². The maximum absolute atomic E-state index is 13.8. The van der Waals surface area contributed by atoms with Crippen LogP contribution in [0.1, 0.15) is 21.7 Å². The van der Waals surface area contributed by atoms with Gasteiger partial charge >= 0.3 is 0 Å². The van der Waals surface area contributed by atoms with Crippen molar-refractivity contribution in [1.82, 2.24) is 14.8 Å². The SMILES string of the molecule is Cc1cc(C(=O)CSc2nnc(Nc3ccccc3F)s2)c(C)n1C[C@@H]1COc2ccccc2O1. The van der Waals surface area contributed by atoms with Crippen molar-refractivity contribution >= 4 is 39.7 Å². The topological polar surface area (TPSA) is 78.3 Å². The van der Waals surface area contributed by atoms with Crippen molar-refractivity contribution in [2.24, 2.45) is 0 Å². The van der Waals surface area contributed by atoms with Crippen LogP contribution in [0.3, 0.4) is 0 Å². The lowest BCUT2D eigenvalue weighted by Gasteiger charge is -2.27. The van der Waals surface area contributed by atoms with Crippen LogP contribution in [-0.4, -0.2) is 39.0 Å². The molecule has 1 N–H and O–H groups in total. The second-order valence-electron chi connectivity index (χ2n) is 8.08. The Morgan fingerprint density at radius 1 is 1.17 bits per heavy atom. The van der Waals surface area contributed by atoms with Crippen LogP contribution in [-0.2, 0) is 6.54 Å². The fourth-order valence-electron chi connectivity index (χ4n) is 3.92. The molecule has 0 bridgehead atoms. The zero-order valence-corrected chi connectivity index (χ0v) is 20.8. The summed E-state index contributed by atoms with van der Waals surface area (Å²) in [6, 6.07) is 15.9. The van der Waals surface area contributed by atoms with Gasteiger partial charge in [-0.05, 0) is 44.2 Å². The predicted octanol–water partition coefficient (Wildman–Crippen LogP) is 5.65. The van der Waals surface area contributed by atoms with Gasteiger partial charge in [0.2, 0.25) is 5.13 Å². The summed E-state index contributed by atoms with van der Waals surface area (Å²) in [4.78, 5) is 13.0. The first kappa shape index (κ1) is 23.4. The number of aryl methyl sites for hydroxylation is 1. The number of anilines is 2. The fourth-order valence-corrected chi connectivity index (χ4v) is 5.57. The van der Waals surface area contributed by atoms with Gasteiger partial charge in [0.15, 0.2) is 27.7 Å². The number of ether oxygens (including phenoxy) is 2. The molecule has 5 rings (SSSR count). The smallest absolute Gasteiger partial charge is 0.210 e. The Bertz CT molecular complexity index is 1370. The number of carbonyl (C=O) groups is 1. The molecule has 0 fully saturated rings. The van der Waals surface area contributed by atoms with Crippen LogP contribution in [0.15, 0.2) is 58.9 Å². The van der Waals surface area contributed by atoms with Crippen LogP contribution in [0.2, 0.25) is 0 Å². The van der Waals surface area contributed by atoms with Gasteiger partial charge in [0.1, 0.15) is 12.4 Å². The summed E-state index contributed by atoms with van der Waals surface area (Å²) in [5.41, 5.74) is 2.90. The molecule has 35 heavy (non-hydrogen) atoms. The number of Topliss-reactive ketones (excluding diaryl/α,β-unsaturated/α-hetero) is 1. The minimum absolute atomic E-state index is 0.0133. The Hall–Kier alpha value is -3.37. The van der Waals surface area contributed by atoms with Gasteiger partial charge in [-0.15, -0.1) is 10.2 Å². The molecule has 0 unspecified atom stereocenters. The lowest BCUT2D eigenvalue weighted by Crippen LogP contribution is -2.33. The van der Waals surface area contributed by atoms with E-state index < -0.39 is 0 Å². The summed E-state index contributed by atoms with van der Waals surface area (Å²) in [6.07, 6.45) is -0.145. The fraction of sp³-hybridized carbons (Fsp3) is 0.240. The van der Waals surface area contributed by atoms with Crippen LogP contribution in [0.4, 0.5) is 15.2 Å². The van der Waals surface area contributed by atoms with Crippen LogP contribution in [0.25, 0.3) is 0 Å². The van der Waals surface area contributed by atoms with Gasteiger partial charge in [0.25, 0.3) is 0 Å². The first-order valence-corrected chi connectivity index (χ1v) is 12.8. The number of thioether (sulfide) groups is 1. The number of halogens is 1. The summed E-state index contributed by atoms with van der Waals surface area (Å²) >= 11 is 2.60. The molecule has 2 aromatic carbocycles. The summed E-state index contributed by atoms with van der Waals surface area (Å²) in [6.45, 7) is 4.98. The molecule has 0 saturated carbocycles. The van der Waals surface area contributed by atoms with E-state index >= 15 is 0 Å². The second kappa shape index (κ2) is 10.1. The van der Waals surface area contributed by atoms with E-state index in [0.717, 1.165) is 22.9 Å². The summed E-state index contributed by atoms with van der Waals surface area (Å²) in [5, 5.41) is 11.6. The Balaban J connectivity index is 1.20. The second-order valence-corrected chi connectivity index (χ2v) is 10.3. The lowest BCUT2D eigenvalue weighted by molar-refractivity contribution is 0.0777. The Labute approximate surface area is 210 Å². The van der Waals surface area contributed by atoms with E-state index in [4.69, 9.17) is 9.47 Å². The Kier molecular flexibility index (Phi) is 6.74. The van der Waals surface area contributed by atoms with Gasteiger partial charge in [-0.1, -0.05) is 47.4 Å². The molecule has 1 aliphatic heterocycles. The molecule has 1 aliphatic rings. The zero-order chi connectivity index (χ0) is 24.4. The molecule has 0 amide bonds. The van der Waals surface area contributed by atoms with Gasteiger partial charge in [-0.25, -0.2) is 4.39 Å². The largest absolute Gasteiger partial charge is 0.486 e. The van der Waals surface area contributed by atoms with E-state index in [1.807, 2.05) is 44.2 Å². The minimum atomic E-state index is -0.364. The van der Waals surface area contributed by atoms with Gasteiger partial charge in [-0.3, -0.25) is 4.79 Å². The third-order valence-electron chi connectivity index (χ3n) is 5.68. The quantitative estimate of drug-likeness (QED) is 0.242. The Morgan fingerprint density at radius 2 is 1.94 bits per heavy atom. The Morgan fingerprint density at radius 3 is 2.77 bits per heavy atom. The number of fused-ring (bicyclic) bond motifs is 1. The number of nitrogens with zero attached hydrogens (tertiary/aromatic N) is 3. The maximum Gasteiger partial charge on any atom is 0.210 e. The molecule has 0 aliphatic carbocycles. The number of aromatic nitrogens is 3. The number of nitrogens with one attached hydrogen (secondary N) is 1. The minimum Gasteiger partial charge on any atom is -0.486 e. The van der Waals surface area contributed by atoms with Gasteiger partial charge < -0.3 is 19.4 Å². The lowest BCUT2D eigenvalue weighted by atomic mass is 10.2. The number of carbonyl (C=O) groups excluding carboxylic acids is 1. The van der Waals surface area contributed by atoms with Gasteiger partial charge in [-0.2, -0.15) is 0 Å². The first-order valence-electron chi connectivity index (χ1n) is 11.0. The van der Waals surface area contributed by atoms with E-state index in [2.05, 4.69) is 20.1 Å². The molecular weight excluding hydrogens is 487 g/mol. The van der Waals surface area contributed by atoms with Crippen LogP contribution in [0.5, 0.6) is 11.5 Å². The molecule has 2 aromatic heterocycles. The molecular formula is C25H23FN4O3S2. The van der Waals surface area contributed by atoms with Crippen molar-refractivity contribution in [1.29, 1.82) is 0 Å². The highest BCUT2D eigenvalue weighted by molar-refractivity contribution is 8.01. The van der Waals surface area contributed by atoms with E-state index in [-0.39, 0.29) is 23.5 Å². The molecule has 4 aromatic rings. The molecule has 180 valence electrons. The van der Waals surface area contributed by atoms with Crippen molar-refractivity contribution in [3.63, 3.8) is 0 Å². The van der Waals surface area contributed by atoms with Gasteiger partial charge in [0.05, 0.1) is 18.0 Å². The highest BCUT2D eigenvalue weighted by Gasteiger charge is 2.24. The van der Waals surface area contributed by atoms with Crippen molar-refractivity contribution < 1.29 is 18.7 Å². The van der Waals surface area contributed by atoms with Gasteiger partial charge in [0, 0.05) is 17.0 Å². The van der Waals surface area contributed by atoms with E-state index in [1.165, 1.54) is 29.2 Å². The van der Waals surface area contributed by atoms with Crippen molar-refractivity contribution in [3.05, 3.63) is 77.4 Å². The molecule has 3 heterocycles. The molecule has 10 heteroatoms. The standard InChI is InChI=1S/C25H23FN4O3S2/c1-15-11-18(16(2)30(15)12-17-13-32-22-9-5-6-10-23(22)33-17)21(31)14-34-25-29-28-24(35-25)27-20-8-4-3-7-19(20)26/h3-11,17H,12-14H2,1-2H3,(H,27,28)/t17-/m1/s1. The maximum atomic E-state index is 13.8. The number of para-hydroxylation sites is 3. The first-order chi connectivity index (χ1) is 17.0. The number of hydrogen-bond donors (Lipinski definition) is 1. The van der Waals surface area contributed by atoms with E-state index in [0.29, 0.717) is 33.9 Å². The van der Waals surface area contributed by atoms with Crippen molar-refractivity contribution in [3.8, 4) is 11.5 Å². The monoisotopic (exact) mass is 510 g/mol. The third kappa shape index (κ3) is 5.18. The molecule has 0 saturated heterocycles. The highest BCUT2D eigenvalue weighted by Crippen LogP contribution is 2.32. The summed E-state index contributed by atoms with van der Waals surface area (Å²) in [5.74, 6) is 1.37. The van der Waals surface area contributed by atoms with Crippen molar-refractivity contribution in [2.75, 3.05) is 17.7 Å². The number of hydrogen-bond acceptors (Lipinski definition) is 8. The summed E-state index contributed by atoms with van der Waals surface area (Å²) < 4.78 is 28.5. The normalized spacial score (nSPS) is 14.7. The highest BCUT2D eigenvalue weighted by atomic mass is 32.2. The zero-order valence-electron chi connectivity index (χ0n) is 19.2. The van der Waals surface area contributed by atoms with Crippen LogP contribution in [0, 0.1) is 19.7 Å². The van der Waals surface area contributed by atoms with E-state index in [9.17, 15) is 9.18 Å². The third-order valence-corrected chi connectivity index (χ3v) is 7.65. The molecule has 0 radical (unpaired) electrons. The summed E-state index contributed by atoms with van der Waals surface area (Å²) in [7, 11) is 0. The van der Waals surface area contributed by atoms with E-state index in [1.54, 1.807) is 18.2 Å². The molecule has 7 nitrogen and oxygen atoms in total. The average molecular weight is 511 g/mol. The molecule has 0 spiro atoms. The number of benzene rings is 2. The predicted molar refractivity (Wildman–Crippen MR) is 135 cm³/mol. The number of rotatable bonds is 8. The average Bonchev–Trinajstić information content (AvgIpc) is 3.43. The molecule has 1 atom stereocenters. The van der Waals surface area contributed by atoms with Crippen LogP contribution >= 0.6 is 23.1 Å². The van der Waals surface area contributed by atoms with Crippen molar-refractivity contribution in [2.45, 2.75) is 30.8 Å². The number of ketones is 1.